The Bertz CT molecular complexity index is 448. The van der Waals surface area contributed by atoms with Crippen LogP contribution in [0.2, 0.25) is 0 Å². The summed E-state index contributed by atoms with van der Waals surface area (Å²) in [5, 5.41) is 5.99. The molecule has 2 aliphatic heterocycles. The largest absolute Gasteiger partial charge is 0.338 e. The van der Waals surface area contributed by atoms with E-state index in [4.69, 9.17) is 0 Å². The molecule has 0 aliphatic carbocycles. The topological polar surface area (TPSA) is 81.8 Å². The van der Waals surface area contributed by atoms with Gasteiger partial charge in [0, 0.05) is 25.7 Å². The van der Waals surface area contributed by atoms with Gasteiger partial charge in [0.25, 0.3) is 5.91 Å². The molecule has 0 unspecified atom stereocenters. The Morgan fingerprint density at radius 2 is 2.00 bits per heavy atom. The summed E-state index contributed by atoms with van der Waals surface area (Å²) in [5.41, 5.74) is -0.839. The van der Waals surface area contributed by atoms with Gasteiger partial charge >= 0.3 is 6.03 Å². The summed E-state index contributed by atoms with van der Waals surface area (Å²) in [4.78, 5) is 39.5. The van der Waals surface area contributed by atoms with Crippen LogP contribution in [0.25, 0.3) is 0 Å². The molecule has 0 aromatic carbocycles. The Kier molecular flexibility index (Phi) is 4.51. The lowest BCUT2D eigenvalue weighted by molar-refractivity contribution is -0.139. The van der Waals surface area contributed by atoms with Crippen molar-refractivity contribution in [2.24, 2.45) is 0 Å². The van der Waals surface area contributed by atoms with Crippen LogP contribution in [0, 0.1) is 0 Å². The number of carbonyl (C=O) groups is 3. The number of carbonyl (C=O) groups excluding carboxylic acids is 3. The maximum Gasteiger partial charge on any atom is 0.325 e. The standard InChI is InChI=1S/C14H24N4O3/c1-4-14(5-2)12(20)18(13(21)16-14)9-11(19)17-7-6-15-10(3)8-17/h10,15H,4-9H2,1-3H3,(H,16,21)/t10-/m0/s1. The van der Waals surface area contributed by atoms with E-state index in [2.05, 4.69) is 10.6 Å². The lowest BCUT2D eigenvalue weighted by Gasteiger charge is -2.32. The van der Waals surface area contributed by atoms with E-state index < -0.39 is 11.6 Å². The first kappa shape index (κ1) is 15.8. The van der Waals surface area contributed by atoms with Gasteiger partial charge in [0.2, 0.25) is 5.91 Å². The van der Waals surface area contributed by atoms with Crippen LogP contribution in [0.15, 0.2) is 0 Å². The van der Waals surface area contributed by atoms with Crippen LogP contribution in [0.4, 0.5) is 4.79 Å². The molecule has 0 saturated carbocycles. The van der Waals surface area contributed by atoms with Crippen molar-refractivity contribution in [1.82, 2.24) is 20.4 Å². The van der Waals surface area contributed by atoms with Crippen LogP contribution in [0.3, 0.4) is 0 Å². The number of nitrogens with zero attached hydrogens (tertiary/aromatic N) is 2. The van der Waals surface area contributed by atoms with Gasteiger partial charge in [-0.05, 0) is 19.8 Å². The number of hydrogen-bond acceptors (Lipinski definition) is 4. The summed E-state index contributed by atoms with van der Waals surface area (Å²) in [6.45, 7) is 7.52. The van der Waals surface area contributed by atoms with E-state index in [1.807, 2.05) is 20.8 Å². The van der Waals surface area contributed by atoms with E-state index in [0.717, 1.165) is 11.4 Å². The van der Waals surface area contributed by atoms with E-state index in [1.165, 1.54) is 0 Å². The Morgan fingerprint density at radius 3 is 2.52 bits per heavy atom. The van der Waals surface area contributed by atoms with Gasteiger partial charge in [0.15, 0.2) is 0 Å². The Morgan fingerprint density at radius 1 is 1.33 bits per heavy atom. The van der Waals surface area contributed by atoms with Crippen molar-refractivity contribution in [3.05, 3.63) is 0 Å². The number of piperazine rings is 1. The molecule has 2 heterocycles. The van der Waals surface area contributed by atoms with Gasteiger partial charge < -0.3 is 15.5 Å². The minimum atomic E-state index is -0.839. The van der Waals surface area contributed by atoms with Crippen LogP contribution in [-0.4, -0.2) is 65.4 Å². The zero-order valence-corrected chi connectivity index (χ0v) is 12.9. The summed E-state index contributed by atoms with van der Waals surface area (Å²) in [6, 6.07) is -0.226. The zero-order chi connectivity index (χ0) is 15.6. The van der Waals surface area contributed by atoms with Crippen molar-refractivity contribution in [1.29, 1.82) is 0 Å². The molecule has 4 amide bonds. The van der Waals surface area contributed by atoms with Crippen molar-refractivity contribution in [3.8, 4) is 0 Å². The third kappa shape index (κ3) is 2.88. The molecule has 2 N–H and O–H groups in total. The summed E-state index contributed by atoms with van der Waals surface area (Å²) in [7, 11) is 0. The monoisotopic (exact) mass is 296 g/mol. The van der Waals surface area contributed by atoms with Gasteiger partial charge in [-0.3, -0.25) is 14.5 Å². The second-order valence-electron chi connectivity index (χ2n) is 5.81. The van der Waals surface area contributed by atoms with Crippen molar-refractivity contribution in [2.45, 2.75) is 45.2 Å². The molecule has 2 saturated heterocycles. The summed E-state index contributed by atoms with van der Waals surface area (Å²) in [5.74, 6) is -0.455. The summed E-state index contributed by atoms with van der Waals surface area (Å²) in [6.07, 6.45) is 1.06. The van der Waals surface area contributed by atoms with Gasteiger partial charge in [0.1, 0.15) is 12.1 Å². The molecule has 2 rings (SSSR count). The molecule has 7 heteroatoms. The van der Waals surface area contributed by atoms with Crippen molar-refractivity contribution < 1.29 is 14.4 Å². The molecular weight excluding hydrogens is 272 g/mol. The second-order valence-corrected chi connectivity index (χ2v) is 5.81. The average Bonchev–Trinajstić information content (AvgIpc) is 2.72. The van der Waals surface area contributed by atoms with Crippen molar-refractivity contribution in [2.75, 3.05) is 26.2 Å². The highest BCUT2D eigenvalue weighted by atomic mass is 16.2. The third-order valence-electron chi connectivity index (χ3n) is 4.47. The Hall–Kier alpha value is -1.63. The molecule has 0 spiro atoms. The second kappa shape index (κ2) is 6.01. The van der Waals surface area contributed by atoms with Crippen LogP contribution in [-0.2, 0) is 9.59 Å². The molecule has 2 aliphatic rings. The first-order valence-electron chi connectivity index (χ1n) is 7.58. The minimum absolute atomic E-state index is 0.168. The molecule has 2 fully saturated rings. The van der Waals surface area contributed by atoms with Crippen LogP contribution >= 0.6 is 0 Å². The summed E-state index contributed by atoms with van der Waals surface area (Å²) >= 11 is 0. The van der Waals surface area contributed by atoms with E-state index in [-0.39, 0.29) is 24.4 Å². The van der Waals surface area contributed by atoms with Crippen LogP contribution < -0.4 is 10.6 Å². The highest BCUT2D eigenvalue weighted by molar-refractivity contribution is 6.08. The first-order valence-corrected chi connectivity index (χ1v) is 7.58. The molecule has 1 atom stereocenters. The van der Waals surface area contributed by atoms with Crippen molar-refractivity contribution in [3.63, 3.8) is 0 Å². The molecule has 0 aromatic heterocycles. The Balaban J connectivity index is 2.04. The predicted molar refractivity (Wildman–Crippen MR) is 77.6 cm³/mol. The minimum Gasteiger partial charge on any atom is -0.338 e. The van der Waals surface area contributed by atoms with Crippen LogP contribution in [0.1, 0.15) is 33.6 Å². The van der Waals surface area contributed by atoms with Gasteiger partial charge in [-0.2, -0.15) is 0 Å². The molecule has 21 heavy (non-hydrogen) atoms. The maximum atomic E-state index is 12.4. The number of amides is 4. The zero-order valence-electron chi connectivity index (χ0n) is 12.9. The number of urea groups is 1. The number of hydrogen-bond donors (Lipinski definition) is 2. The predicted octanol–water partition coefficient (Wildman–Crippen LogP) is -0.0827. The fraction of sp³-hybridized carbons (Fsp3) is 0.786. The molecule has 0 bridgehead atoms. The average molecular weight is 296 g/mol. The number of rotatable bonds is 4. The molecular formula is C14H24N4O3. The molecule has 7 nitrogen and oxygen atoms in total. The van der Waals surface area contributed by atoms with Crippen molar-refractivity contribution >= 4 is 17.8 Å². The third-order valence-corrected chi connectivity index (χ3v) is 4.47. The normalized spacial score (nSPS) is 25.2. The summed E-state index contributed by atoms with van der Waals surface area (Å²) < 4.78 is 0. The molecule has 0 radical (unpaired) electrons. The Labute approximate surface area is 125 Å². The highest BCUT2D eigenvalue weighted by Gasteiger charge is 2.49. The maximum absolute atomic E-state index is 12.4. The van der Waals surface area contributed by atoms with Gasteiger partial charge in [-0.1, -0.05) is 13.8 Å². The fourth-order valence-corrected chi connectivity index (χ4v) is 2.94. The number of imide groups is 1. The SMILES string of the molecule is CCC1(CC)NC(=O)N(CC(=O)N2CCN[C@@H](C)C2)C1=O. The fourth-order valence-electron chi connectivity index (χ4n) is 2.94. The van der Waals surface area contributed by atoms with E-state index in [9.17, 15) is 14.4 Å². The van der Waals surface area contributed by atoms with Gasteiger partial charge in [-0.15, -0.1) is 0 Å². The van der Waals surface area contributed by atoms with E-state index >= 15 is 0 Å². The van der Waals surface area contributed by atoms with E-state index in [1.54, 1.807) is 4.90 Å². The van der Waals surface area contributed by atoms with Gasteiger partial charge in [-0.25, -0.2) is 4.79 Å². The van der Waals surface area contributed by atoms with Crippen LogP contribution in [0.5, 0.6) is 0 Å². The highest BCUT2D eigenvalue weighted by Crippen LogP contribution is 2.24. The molecule has 0 aromatic rings. The first-order chi connectivity index (χ1) is 9.93. The lowest BCUT2D eigenvalue weighted by atomic mass is 9.93. The van der Waals surface area contributed by atoms with E-state index in [0.29, 0.717) is 25.9 Å². The molecule has 118 valence electrons. The lowest BCUT2D eigenvalue weighted by Crippen LogP contribution is -2.54. The number of nitrogens with one attached hydrogen (secondary N) is 2. The smallest absolute Gasteiger partial charge is 0.325 e. The van der Waals surface area contributed by atoms with Gasteiger partial charge in [0.05, 0.1) is 0 Å². The quantitative estimate of drug-likeness (QED) is 0.711.